The van der Waals surface area contributed by atoms with Gasteiger partial charge in [0, 0.05) is 43.7 Å². The number of ether oxygens (including phenoxy) is 2. The second kappa shape index (κ2) is 12.6. The Bertz CT molecular complexity index is 689. The van der Waals surface area contributed by atoms with E-state index in [4.69, 9.17) is 17.0 Å². The van der Waals surface area contributed by atoms with E-state index in [-0.39, 0.29) is 17.6 Å². The van der Waals surface area contributed by atoms with E-state index in [0.29, 0.717) is 24.4 Å². The number of hydrogen-bond acceptors (Lipinski definition) is 6. The zero-order chi connectivity index (χ0) is 20.1. The summed E-state index contributed by atoms with van der Waals surface area (Å²) >= 11 is 5.03. The number of benzene rings is 1. The predicted octanol–water partition coefficient (Wildman–Crippen LogP) is 1.39. The smallest absolute Gasteiger partial charge is 0.330 e. The number of carbonyl (C=O) groups is 3. The number of nitrogens with one attached hydrogen (secondary N) is 3. The first-order valence-electron chi connectivity index (χ1n) is 8.30. The number of hydrogen-bond donors (Lipinski definition) is 3. The van der Waals surface area contributed by atoms with E-state index in [0.717, 1.165) is 18.6 Å². The van der Waals surface area contributed by atoms with E-state index in [2.05, 4.69) is 20.7 Å². The standard InChI is InChI=1S/C18H23N3O5S/c1-3-26-16(23)10-9-15(22)21-18(27)20-14-7-5-13(6-8-14)17(24)19-11-4-12-25-2/h5-10H,3-4,11-12H2,1-2H3,(H,19,24)(H2,20,21,22,27)/b10-9+. The van der Waals surface area contributed by atoms with E-state index in [1.54, 1.807) is 38.3 Å². The zero-order valence-corrected chi connectivity index (χ0v) is 16.1. The number of amides is 2. The number of methoxy groups -OCH3 is 1. The molecule has 146 valence electrons. The van der Waals surface area contributed by atoms with Crippen LogP contribution in [0.25, 0.3) is 0 Å². The van der Waals surface area contributed by atoms with Gasteiger partial charge in [0.1, 0.15) is 0 Å². The van der Waals surface area contributed by atoms with Gasteiger partial charge in [-0.15, -0.1) is 0 Å². The normalized spacial score (nSPS) is 10.3. The van der Waals surface area contributed by atoms with Gasteiger partial charge in [-0.1, -0.05) is 0 Å². The van der Waals surface area contributed by atoms with Gasteiger partial charge < -0.3 is 20.1 Å². The Kier molecular flexibility index (Phi) is 10.4. The molecule has 1 aromatic rings. The van der Waals surface area contributed by atoms with Crippen molar-refractivity contribution in [1.82, 2.24) is 10.6 Å². The second-order valence-electron chi connectivity index (χ2n) is 5.21. The number of anilines is 1. The van der Waals surface area contributed by atoms with Gasteiger partial charge in [-0.3, -0.25) is 14.9 Å². The van der Waals surface area contributed by atoms with Crippen molar-refractivity contribution in [1.29, 1.82) is 0 Å². The summed E-state index contributed by atoms with van der Waals surface area (Å²) in [6.07, 6.45) is 2.78. The van der Waals surface area contributed by atoms with Gasteiger partial charge in [0.15, 0.2) is 5.11 Å². The van der Waals surface area contributed by atoms with Crippen molar-refractivity contribution in [3.8, 4) is 0 Å². The molecule has 0 saturated carbocycles. The SMILES string of the molecule is CCOC(=O)/C=C/C(=O)NC(=S)Nc1ccc(C(=O)NCCCOC)cc1. The molecule has 27 heavy (non-hydrogen) atoms. The lowest BCUT2D eigenvalue weighted by Gasteiger charge is -2.09. The maximum Gasteiger partial charge on any atom is 0.330 e. The summed E-state index contributed by atoms with van der Waals surface area (Å²) in [7, 11) is 1.61. The Balaban J connectivity index is 2.45. The van der Waals surface area contributed by atoms with Crippen LogP contribution >= 0.6 is 12.2 Å². The fourth-order valence-electron chi connectivity index (χ4n) is 1.88. The van der Waals surface area contributed by atoms with Crippen molar-refractivity contribution in [3.05, 3.63) is 42.0 Å². The Morgan fingerprint density at radius 2 is 1.85 bits per heavy atom. The second-order valence-corrected chi connectivity index (χ2v) is 5.62. The van der Waals surface area contributed by atoms with E-state index in [1.807, 2.05) is 0 Å². The van der Waals surface area contributed by atoms with Crippen LogP contribution in [0.15, 0.2) is 36.4 Å². The third-order valence-electron chi connectivity index (χ3n) is 3.11. The van der Waals surface area contributed by atoms with E-state index in [1.165, 1.54) is 0 Å². The van der Waals surface area contributed by atoms with E-state index >= 15 is 0 Å². The molecule has 8 nitrogen and oxygen atoms in total. The minimum Gasteiger partial charge on any atom is -0.463 e. The van der Waals surface area contributed by atoms with Crippen LogP contribution < -0.4 is 16.0 Å². The molecule has 0 aliphatic carbocycles. The van der Waals surface area contributed by atoms with Crippen molar-refractivity contribution in [2.75, 3.05) is 32.2 Å². The highest BCUT2D eigenvalue weighted by molar-refractivity contribution is 7.80. The summed E-state index contributed by atoms with van der Waals surface area (Å²) in [6, 6.07) is 6.60. The summed E-state index contributed by atoms with van der Waals surface area (Å²) in [6.45, 7) is 3.01. The fraction of sp³-hybridized carbons (Fsp3) is 0.333. The Morgan fingerprint density at radius 3 is 2.48 bits per heavy atom. The van der Waals surface area contributed by atoms with Crippen molar-refractivity contribution in [3.63, 3.8) is 0 Å². The Labute approximate surface area is 163 Å². The predicted molar refractivity (Wildman–Crippen MR) is 105 cm³/mol. The van der Waals surface area contributed by atoms with E-state index in [9.17, 15) is 14.4 Å². The average Bonchev–Trinajstić information content (AvgIpc) is 2.64. The highest BCUT2D eigenvalue weighted by atomic mass is 32.1. The molecule has 0 aliphatic rings. The molecular formula is C18H23N3O5S. The van der Waals surface area contributed by atoms with Crippen molar-refractivity contribution in [2.24, 2.45) is 0 Å². The third kappa shape index (κ3) is 9.47. The zero-order valence-electron chi connectivity index (χ0n) is 15.2. The molecule has 1 aromatic carbocycles. The van der Waals surface area contributed by atoms with E-state index < -0.39 is 11.9 Å². The molecule has 0 saturated heterocycles. The highest BCUT2D eigenvalue weighted by Crippen LogP contribution is 2.09. The first kappa shape index (κ1) is 22.3. The maximum absolute atomic E-state index is 12.0. The highest BCUT2D eigenvalue weighted by Gasteiger charge is 2.06. The summed E-state index contributed by atoms with van der Waals surface area (Å²) < 4.78 is 9.59. The topological polar surface area (TPSA) is 106 Å². The molecule has 0 heterocycles. The Hall–Kier alpha value is -2.78. The molecule has 0 spiro atoms. The molecule has 0 bridgehead atoms. The molecule has 0 unspecified atom stereocenters. The quantitative estimate of drug-likeness (QED) is 0.252. The lowest BCUT2D eigenvalue weighted by atomic mass is 10.2. The lowest BCUT2D eigenvalue weighted by Crippen LogP contribution is -2.33. The van der Waals surface area contributed by atoms with Gasteiger partial charge in [-0.25, -0.2) is 4.79 Å². The van der Waals surface area contributed by atoms with Crippen LogP contribution in [0.4, 0.5) is 5.69 Å². The Morgan fingerprint density at radius 1 is 1.15 bits per heavy atom. The molecule has 1 rings (SSSR count). The van der Waals surface area contributed by atoms with Gasteiger partial charge in [-0.2, -0.15) is 0 Å². The first-order valence-corrected chi connectivity index (χ1v) is 8.71. The maximum atomic E-state index is 12.0. The van der Waals surface area contributed by atoms with Gasteiger partial charge >= 0.3 is 5.97 Å². The van der Waals surface area contributed by atoms with Crippen LogP contribution in [0.1, 0.15) is 23.7 Å². The molecule has 2 amide bonds. The van der Waals surface area contributed by atoms with Gasteiger partial charge in [0.25, 0.3) is 5.91 Å². The van der Waals surface area contributed by atoms with Gasteiger partial charge in [-0.05, 0) is 49.8 Å². The van der Waals surface area contributed by atoms with Crippen LogP contribution in [0.2, 0.25) is 0 Å². The minimum absolute atomic E-state index is 0.0604. The monoisotopic (exact) mass is 393 g/mol. The van der Waals surface area contributed by atoms with Crippen molar-refractivity contribution in [2.45, 2.75) is 13.3 Å². The summed E-state index contributed by atoms with van der Waals surface area (Å²) in [4.78, 5) is 34.7. The molecule has 0 aromatic heterocycles. The van der Waals surface area contributed by atoms with Crippen LogP contribution in [0, 0.1) is 0 Å². The molecule has 0 atom stereocenters. The number of carbonyl (C=O) groups excluding carboxylic acids is 3. The number of rotatable bonds is 9. The van der Waals surface area contributed by atoms with Gasteiger partial charge in [0.2, 0.25) is 5.91 Å². The third-order valence-corrected chi connectivity index (χ3v) is 3.31. The fourth-order valence-corrected chi connectivity index (χ4v) is 2.09. The molecular weight excluding hydrogens is 370 g/mol. The average molecular weight is 393 g/mol. The summed E-state index contributed by atoms with van der Waals surface area (Å²) in [5.41, 5.74) is 1.11. The number of esters is 1. The molecule has 0 fully saturated rings. The van der Waals surface area contributed by atoms with Crippen molar-refractivity contribution < 1.29 is 23.9 Å². The lowest BCUT2D eigenvalue weighted by molar-refractivity contribution is -0.137. The van der Waals surface area contributed by atoms with Crippen LogP contribution in [0.5, 0.6) is 0 Å². The largest absolute Gasteiger partial charge is 0.463 e. The van der Waals surface area contributed by atoms with Crippen LogP contribution in [-0.2, 0) is 19.1 Å². The van der Waals surface area contributed by atoms with Crippen LogP contribution in [-0.4, -0.2) is 49.8 Å². The summed E-state index contributed by atoms with van der Waals surface area (Å²) in [5, 5.41) is 8.06. The van der Waals surface area contributed by atoms with Crippen molar-refractivity contribution >= 4 is 40.8 Å². The molecule has 0 radical (unpaired) electrons. The first-order chi connectivity index (χ1) is 13.0. The number of thiocarbonyl (C=S) groups is 1. The van der Waals surface area contributed by atoms with Crippen LogP contribution in [0.3, 0.4) is 0 Å². The summed E-state index contributed by atoms with van der Waals surface area (Å²) in [5.74, 6) is -1.35. The molecule has 9 heteroatoms. The molecule has 3 N–H and O–H groups in total. The molecule has 0 aliphatic heterocycles. The van der Waals surface area contributed by atoms with Gasteiger partial charge in [0.05, 0.1) is 6.61 Å². The minimum atomic E-state index is -0.609.